The molecule has 0 spiro atoms. The predicted octanol–water partition coefficient (Wildman–Crippen LogP) is 2.38. The number of aromatic nitrogens is 3. The topological polar surface area (TPSA) is 76.4 Å². The van der Waals surface area contributed by atoms with Crippen LogP contribution in [0.1, 0.15) is 23.6 Å². The molecule has 2 N–H and O–H groups in total. The fraction of sp³-hybridized carbons (Fsp3) is 0.471. The van der Waals surface area contributed by atoms with Gasteiger partial charge in [0.2, 0.25) is 0 Å². The fourth-order valence-electron chi connectivity index (χ4n) is 2.89. The van der Waals surface area contributed by atoms with Gasteiger partial charge in [0.15, 0.2) is 11.8 Å². The summed E-state index contributed by atoms with van der Waals surface area (Å²) < 4.78 is 7.06. The van der Waals surface area contributed by atoms with Crippen molar-refractivity contribution in [3.05, 3.63) is 46.5 Å². The largest absolute Gasteiger partial charge is 0.377 e. The Morgan fingerprint density at radius 3 is 3.04 bits per heavy atom. The Bertz CT molecular complexity index is 751. The van der Waals surface area contributed by atoms with Gasteiger partial charge in [0, 0.05) is 38.2 Å². The van der Waals surface area contributed by atoms with Crippen LogP contribution in [0.15, 0.2) is 29.3 Å². The quantitative estimate of drug-likeness (QED) is 0.382. The Morgan fingerprint density at radius 1 is 1.46 bits per heavy atom. The lowest BCUT2D eigenvalue weighted by molar-refractivity contribution is 0.177. The second kappa shape index (κ2) is 10.1. The average molecular weight is 491 g/mol. The monoisotopic (exact) mass is 490 g/mol. The lowest BCUT2D eigenvalue weighted by Crippen LogP contribution is -2.46. The number of fused-ring (bicyclic) bond motifs is 1. The second-order valence-electron chi connectivity index (χ2n) is 6.00. The van der Waals surface area contributed by atoms with E-state index in [9.17, 15) is 0 Å². The molecular formula is C17H24ClIN6O. The molecule has 1 aliphatic rings. The highest BCUT2D eigenvalue weighted by Crippen LogP contribution is 2.14. The van der Waals surface area contributed by atoms with Gasteiger partial charge >= 0.3 is 0 Å². The van der Waals surface area contributed by atoms with Crippen LogP contribution in [0.4, 0.5) is 0 Å². The van der Waals surface area contributed by atoms with E-state index in [0.29, 0.717) is 13.2 Å². The number of aliphatic imine (C=N–C) groups is 1. The SMILES string of the molecule is CN=C(NCc1cccc(Cl)c1)NC1CCc2nc(COC)nn2C1.I. The van der Waals surface area contributed by atoms with Gasteiger partial charge in [-0.05, 0) is 24.1 Å². The van der Waals surface area contributed by atoms with Crippen LogP contribution >= 0.6 is 35.6 Å². The highest BCUT2D eigenvalue weighted by molar-refractivity contribution is 14.0. The molecule has 0 aliphatic carbocycles. The predicted molar refractivity (Wildman–Crippen MR) is 113 cm³/mol. The van der Waals surface area contributed by atoms with Gasteiger partial charge in [0.05, 0.1) is 6.54 Å². The van der Waals surface area contributed by atoms with Gasteiger partial charge in [0.25, 0.3) is 0 Å². The smallest absolute Gasteiger partial charge is 0.191 e. The Labute approximate surface area is 175 Å². The number of aryl methyl sites for hydroxylation is 1. The van der Waals surface area contributed by atoms with Crippen LogP contribution in [-0.4, -0.2) is 40.9 Å². The third-order valence-corrected chi connectivity index (χ3v) is 4.32. The summed E-state index contributed by atoms with van der Waals surface area (Å²) in [6.07, 6.45) is 1.88. The summed E-state index contributed by atoms with van der Waals surface area (Å²) >= 11 is 6.02. The number of hydrogen-bond acceptors (Lipinski definition) is 4. The normalized spacial score (nSPS) is 16.6. The van der Waals surface area contributed by atoms with Gasteiger partial charge in [-0.3, -0.25) is 4.99 Å². The van der Waals surface area contributed by atoms with Crippen molar-refractivity contribution in [1.29, 1.82) is 0 Å². The molecule has 142 valence electrons. The van der Waals surface area contributed by atoms with Gasteiger partial charge < -0.3 is 15.4 Å². The fourth-order valence-corrected chi connectivity index (χ4v) is 3.10. The summed E-state index contributed by atoms with van der Waals surface area (Å²) in [6, 6.07) is 8.05. The Morgan fingerprint density at radius 2 is 2.31 bits per heavy atom. The van der Waals surface area contributed by atoms with E-state index in [1.54, 1.807) is 14.2 Å². The van der Waals surface area contributed by atoms with E-state index >= 15 is 0 Å². The van der Waals surface area contributed by atoms with Crippen molar-refractivity contribution in [3.8, 4) is 0 Å². The van der Waals surface area contributed by atoms with Crippen molar-refractivity contribution in [2.75, 3.05) is 14.2 Å². The maximum atomic E-state index is 6.02. The van der Waals surface area contributed by atoms with E-state index in [1.807, 2.05) is 28.9 Å². The van der Waals surface area contributed by atoms with Crippen LogP contribution in [0, 0.1) is 0 Å². The summed E-state index contributed by atoms with van der Waals surface area (Å²) in [5.41, 5.74) is 1.11. The van der Waals surface area contributed by atoms with E-state index in [4.69, 9.17) is 16.3 Å². The van der Waals surface area contributed by atoms with Crippen molar-refractivity contribution in [2.45, 2.75) is 38.6 Å². The summed E-state index contributed by atoms with van der Waals surface area (Å²) in [7, 11) is 3.42. The van der Waals surface area contributed by atoms with Crippen LogP contribution in [0.2, 0.25) is 5.02 Å². The number of nitrogens with one attached hydrogen (secondary N) is 2. The molecular weight excluding hydrogens is 467 g/mol. The van der Waals surface area contributed by atoms with Crippen LogP contribution in [0.25, 0.3) is 0 Å². The number of guanidine groups is 1. The standard InChI is InChI=1S/C17H23ClN6O.HI/c1-19-17(20-9-12-4-3-5-13(18)8-12)21-14-6-7-16-22-15(11-25-2)23-24(16)10-14;/h3-5,8,14H,6-7,9-11H2,1-2H3,(H2,19,20,21);1H. The first-order valence-corrected chi connectivity index (χ1v) is 8.69. The first kappa shape index (κ1) is 20.9. The van der Waals surface area contributed by atoms with Gasteiger partial charge in [0.1, 0.15) is 12.4 Å². The zero-order valence-corrected chi connectivity index (χ0v) is 18.0. The van der Waals surface area contributed by atoms with Crippen molar-refractivity contribution >= 4 is 41.5 Å². The molecule has 0 saturated heterocycles. The molecule has 2 aromatic rings. The molecule has 1 atom stereocenters. The molecule has 1 aliphatic heterocycles. The summed E-state index contributed by atoms with van der Waals surface area (Å²) in [5, 5.41) is 12.0. The zero-order valence-electron chi connectivity index (χ0n) is 14.9. The van der Waals surface area contributed by atoms with Gasteiger partial charge in [-0.1, -0.05) is 23.7 Å². The van der Waals surface area contributed by atoms with Crippen LogP contribution in [-0.2, 0) is 30.9 Å². The minimum atomic E-state index is 0. The van der Waals surface area contributed by atoms with Crippen molar-refractivity contribution in [1.82, 2.24) is 25.4 Å². The highest BCUT2D eigenvalue weighted by Gasteiger charge is 2.22. The number of methoxy groups -OCH3 is 1. The Balaban J connectivity index is 0.00000243. The van der Waals surface area contributed by atoms with E-state index < -0.39 is 0 Å². The maximum Gasteiger partial charge on any atom is 0.191 e. The molecule has 1 aromatic carbocycles. The summed E-state index contributed by atoms with van der Waals surface area (Å²) in [4.78, 5) is 8.81. The molecule has 3 rings (SSSR count). The minimum Gasteiger partial charge on any atom is -0.377 e. The van der Waals surface area contributed by atoms with E-state index in [2.05, 4.69) is 25.7 Å². The first-order chi connectivity index (χ1) is 12.2. The van der Waals surface area contributed by atoms with Gasteiger partial charge in [-0.15, -0.1) is 24.0 Å². The maximum absolute atomic E-state index is 6.02. The molecule has 0 bridgehead atoms. The molecule has 26 heavy (non-hydrogen) atoms. The number of nitrogens with zero attached hydrogens (tertiary/aromatic N) is 4. The third kappa shape index (κ3) is 5.55. The average Bonchev–Trinajstić information content (AvgIpc) is 3.00. The number of halogens is 2. The zero-order chi connectivity index (χ0) is 17.6. The Kier molecular flexibility index (Phi) is 8.11. The molecule has 1 unspecified atom stereocenters. The van der Waals surface area contributed by atoms with Gasteiger partial charge in [-0.2, -0.15) is 5.10 Å². The van der Waals surface area contributed by atoms with Crippen LogP contribution in [0.5, 0.6) is 0 Å². The summed E-state index contributed by atoms with van der Waals surface area (Å²) in [6.45, 7) is 1.88. The van der Waals surface area contributed by atoms with Crippen LogP contribution < -0.4 is 10.6 Å². The molecule has 0 radical (unpaired) electrons. The van der Waals surface area contributed by atoms with Crippen molar-refractivity contribution < 1.29 is 4.74 Å². The van der Waals surface area contributed by atoms with E-state index in [-0.39, 0.29) is 30.0 Å². The van der Waals surface area contributed by atoms with Gasteiger partial charge in [-0.25, -0.2) is 9.67 Å². The lowest BCUT2D eigenvalue weighted by atomic mass is 10.1. The van der Waals surface area contributed by atoms with E-state index in [1.165, 1.54) is 0 Å². The number of benzene rings is 1. The molecule has 0 fully saturated rings. The number of ether oxygens (including phenoxy) is 1. The third-order valence-electron chi connectivity index (χ3n) is 4.09. The molecule has 0 amide bonds. The highest BCUT2D eigenvalue weighted by atomic mass is 127. The molecule has 0 saturated carbocycles. The lowest BCUT2D eigenvalue weighted by Gasteiger charge is -2.25. The minimum absolute atomic E-state index is 0. The molecule has 9 heteroatoms. The molecule has 2 heterocycles. The van der Waals surface area contributed by atoms with Crippen LogP contribution in [0.3, 0.4) is 0 Å². The second-order valence-corrected chi connectivity index (χ2v) is 6.43. The van der Waals surface area contributed by atoms with E-state index in [0.717, 1.165) is 47.6 Å². The van der Waals surface area contributed by atoms with Crippen molar-refractivity contribution in [3.63, 3.8) is 0 Å². The summed E-state index contributed by atoms with van der Waals surface area (Å²) in [5.74, 6) is 2.53. The Hall–Kier alpha value is -1.39. The first-order valence-electron chi connectivity index (χ1n) is 8.31. The molecule has 1 aromatic heterocycles. The molecule has 7 nitrogen and oxygen atoms in total. The van der Waals surface area contributed by atoms with Crippen molar-refractivity contribution in [2.24, 2.45) is 4.99 Å². The number of hydrogen-bond donors (Lipinski definition) is 2. The number of rotatable bonds is 5.